The smallest absolute Gasteiger partial charge is 0.338 e. The van der Waals surface area contributed by atoms with Gasteiger partial charge in [0.05, 0.1) is 22.1 Å². The van der Waals surface area contributed by atoms with Crippen molar-refractivity contribution in [2.24, 2.45) is 0 Å². The van der Waals surface area contributed by atoms with Crippen LogP contribution in [-0.4, -0.2) is 30.6 Å². The molecule has 0 saturated carbocycles. The number of ether oxygens (including phenoxy) is 1. The van der Waals surface area contributed by atoms with Gasteiger partial charge in [0.1, 0.15) is 5.69 Å². The molecular formula is C13H15ClN2O4. The highest BCUT2D eigenvalue weighted by molar-refractivity contribution is 6.34. The Hall–Kier alpha value is -1.82. The molecule has 7 heteroatoms. The van der Waals surface area contributed by atoms with Crippen molar-refractivity contribution in [2.45, 2.75) is 19.8 Å². The molecular weight excluding hydrogens is 284 g/mol. The van der Waals surface area contributed by atoms with Crippen LogP contribution < -0.4 is 4.90 Å². The van der Waals surface area contributed by atoms with Crippen LogP contribution in [0.3, 0.4) is 0 Å². The number of carbonyl (C=O) groups excluding carboxylic acids is 1. The second kappa shape index (κ2) is 6.09. The van der Waals surface area contributed by atoms with E-state index < -0.39 is 10.9 Å². The molecule has 2 rings (SSSR count). The highest BCUT2D eigenvalue weighted by atomic mass is 35.5. The Morgan fingerprint density at radius 3 is 2.65 bits per heavy atom. The predicted octanol–water partition coefficient (Wildman–Crippen LogP) is 3.03. The maximum atomic E-state index is 11.7. The van der Waals surface area contributed by atoms with Crippen molar-refractivity contribution in [3.05, 3.63) is 32.8 Å². The van der Waals surface area contributed by atoms with Gasteiger partial charge in [-0.05, 0) is 25.8 Å². The molecule has 1 aromatic carbocycles. The first-order chi connectivity index (χ1) is 9.54. The van der Waals surface area contributed by atoms with Crippen molar-refractivity contribution in [1.29, 1.82) is 0 Å². The molecule has 0 bridgehead atoms. The number of nitro groups is 1. The lowest BCUT2D eigenvalue weighted by Crippen LogP contribution is -2.20. The summed E-state index contributed by atoms with van der Waals surface area (Å²) in [5.41, 5.74) is 0.344. The molecule has 1 fully saturated rings. The van der Waals surface area contributed by atoms with Crippen molar-refractivity contribution in [3.63, 3.8) is 0 Å². The third-order valence-corrected chi connectivity index (χ3v) is 3.46. The minimum atomic E-state index is -0.606. The molecule has 1 saturated heterocycles. The van der Waals surface area contributed by atoms with Crippen LogP contribution in [0.4, 0.5) is 11.4 Å². The van der Waals surface area contributed by atoms with E-state index in [0.717, 1.165) is 25.9 Å². The van der Waals surface area contributed by atoms with Crippen molar-refractivity contribution < 1.29 is 14.5 Å². The molecule has 0 amide bonds. The molecule has 6 nitrogen and oxygen atoms in total. The van der Waals surface area contributed by atoms with E-state index in [1.54, 1.807) is 6.92 Å². The summed E-state index contributed by atoms with van der Waals surface area (Å²) in [7, 11) is 0. The fourth-order valence-electron chi connectivity index (χ4n) is 2.31. The molecule has 108 valence electrons. The highest BCUT2D eigenvalue weighted by Gasteiger charge is 2.27. The van der Waals surface area contributed by atoms with Crippen LogP contribution in [-0.2, 0) is 4.74 Å². The van der Waals surface area contributed by atoms with E-state index in [1.807, 2.05) is 4.90 Å². The van der Waals surface area contributed by atoms with Crippen LogP contribution in [0.25, 0.3) is 0 Å². The average molecular weight is 299 g/mol. The summed E-state index contributed by atoms with van der Waals surface area (Å²) in [4.78, 5) is 24.3. The molecule has 1 heterocycles. The number of nitro benzene ring substituents is 1. The first-order valence-corrected chi connectivity index (χ1v) is 6.82. The fourth-order valence-corrected chi connectivity index (χ4v) is 2.64. The zero-order chi connectivity index (χ0) is 14.7. The summed E-state index contributed by atoms with van der Waals surface area (Å²) >= 11 is 6.15. The van der Waals surface area contributed by atoms with Gasteiger partial charge in [0.15, 0.2) is 0 Å². The number of carbonyl (C=O) groups is 1. The first-order valence-electron chi connectivity index (χ1n) is 6.44. The molecule has 1 aromatic rings. The second-order valence-electron chi connectivity index (χ2n) is 4.50. The van der Waals surface area contributed by atoms with Gasteiger partial charge in [0.2, 0.25) is 0 Å². The van der Waals surface area contributed by atoms with Gasteiger partial charge in [0, 0.05) is 19.2 Å². The average Bonchev–Trinajstić information content (AvgIpc) is 2.91. The van der Waals surface area contributed by atoms with Crippen LogP contribution in [0, 0.1) is 10.1 Å². The van der Waals surface area contributed by atoms with Gasteiger partial charge in [-0.15, -0.1) is 0 Å². The Kier molecular flexibility index (Phi) is 4.44. The topological polar surface area (TPSA) is 72.7 Å². The van der Waals surface area contributed by atoms with Gasteiger partial charge >= 0.3 is 5.97 Å². The summed E-state index contributed by atoms with van der Waals surface area (Å²) in [6, 6.07) is 2.66. The van der Waals surface area contributed by atoms with Crippen molar-refractivity contribution in [2.75, 3.05) is 24.6 Å². The maximum Gasteiger partial charge on any atom is 0.338 e. The summed E-state index contributed by atoms with van der Waals surface area (Å²) < 4.78 is 4.85. The van der Waals surface area contributed by atoms with Gasteiger partial charge in [-0.2, -0.15) is 0 Å². The van der Waals surface area contributed by atoms with Crippen LogP contribution in [0.1, 0.15) is 30.1 Å². The zero-order valence-corrected chi connectivity index (χ0v) is 11.9. The fraction of sp³-hybridized carbons (Fsp3) is 0.462. The van der Waals surface area contributed by atoms with Gasteiger partial charge in [-0.3, -0.25) is 10.1 Å². The maximum absolute atomic E-state index is 11.7. The van der Waals surface area contributed by atoms with Crippen LogP contribution in [0.5, 0.6) is 0 Å². The van der Waals surface area contributed by atoms with E-state index in [4.69, 9.17) is 16.3 Å². The van der Waals surface area contributed by atoms with Crippen molar-refractivity contribution in [3.8, 4) is 0 Å². The molecule has 20 heavy (non-hydrogen) atoms. The Labute approximate surface area is 121 Å². The summed E-state index contributed by atoms with van der Waals surface area (Å²) in [5, 5.41) is 11.4. The molecule has 0 atom stereocenters. The van der Waals surface area contributed by atoms with E-state index in [0.29, 0.717) is 5.69 Å². The Morgan fingerprint density at radius 2 is 2.10 bits per heavy atom. The zero-order valence-electron chi connectivity index (χ0n) is 11.1. The van der Waals surface area contributed by atoms with Crippen LogP contribution in [0.2, 0.25) is 5.02 Å². The Bertz CT molecular complexity index is 541. The molecule has 0 aromatic heterocycles. The Balaban J connectivity index is 2.47. The number of hydrogen-bond donors (Lipinski definition) is 0. The number of anilines is 1. The van der Waals surface area contributed by atoms with Crippen molar-refractivity contribution >= 4 is 28.9 Å². The number of rotatable bonds is 4. The lowest BCUT2D eigenvalue weighted by molar-refractivity contribution is -0.384. The molecule has 0 radical (unpaired) electrons. The standard InChI is InChI=1S/C13H15ClN2O4/c1-2-20-13(17)9-7-10(14)12(11(8-9)16(18)19)15-5-3-4-6-15/h7-8H,2-6H2,1H3. The van der Waals surface area contributed by atoms with Crippen LogP contribution in [0.15, 0.2) is 12.1 Å². The van der Waals surface area contributed by atoms with E-state index in [9.17, 15) is 14.9 Å². The predicted molar refractivity (Wildman–Crippen MR) is 75.5 cm³/mol. The number of benzene rings is 1. The minimum Gasteiger partial charge on any atom is -0.462 e. The van der Waals surface area contributed by atoms with E-state index >= 15 is 0 Å². The molecule has 0 N–H and O–H groups in total. The number of halogens is 1. The minimum absolute atomic E-state index is 0.103. The Morgan fingerprint density at radius 1 is 1.45 bits per heavy atom. The summed E-state index contributed by atoms with van der Waals surface area (Å²) in [6.45, 7) is 3.35. The molecule has 0 unspecified atom stereocenters. The largest absolute Gasteiger partial charge is 0.462 e. The van der Waals surface area contributed by atoms with Gasteiger partial charge in [0.25, 0.3) is 5.69 Å². The van der Waals surface area contributed by atoms with E-state index in [1.165, 1.54) is 12.1 Å². The highest BCUT2D eigenvalue weighted by Crippen LogP contribution is 2.38. The number of hydrogen-bond acceptors (Lipinski definition) is 5. The summed E-state index contributed by atoms with van der Waals surface area (Å²) in [5.74, 6) is -0.606. The number of nitrogens with zero attached hydrogens (tertiary/aromatic N) is 2. The first kappa shape index (κ1) is 14.6. The molecule has 0 spiro atoms. The summed E-state index contributed by atoms with van der Waals surface area (Å²) in [6.07, 6.45) is 1.96. The molecule has 1 aliphatic rings. The van der Waals surface area contributed by atoms with Gasteiger partial charge in [-0.25, -0.2) is 4.79 Å². The lowest BCUT2D eigenvalue weighted by atomic mass is 10.1. The van der Waals surface area contributed by atoms with Gasteiger partial charge in [-0.1, -0.05) is 11.6 Å². The lowest BCUT2D eigenvalue weighted by Gasteiger charge is -2.19. The third-order valence-electron chi connectivity index (χ3n) is 3.17. The normalized spacial score (nSPS) is 14.4. The van der Waals surface area contributed by atoms with E-state index in [2.05, 4.69) is 0 Å². The molecule has 1 aliphatic heterocycles. The van der Waals surface area contributed by atoms with Gasteiger partial charge < -0.3 is 9.64 Å². The molecule has 0 aliphatic carbocycles. The number of esters is 1. The second-order valence-corrected chi connectivity index (χ2v) is 4.90. The quantitative estimate of drug-likeness (QED) is 0.485. The third kappa shape index (κ3) is 2.85. The van der Waals surface area contributed by atoms with Crippen LogP contribution >= 0.6 is 11.6 Å². The monoisotopic (exact) mass is 298 g/mol. The van der Waals surface area contributed by atoms with Crippen molar-refractivity contribution in [1.82, 2.24) is 0 Å². The SMILES string of the molecule is CCOC(=O)c1cc(Cl)c(N2CCCC2)c([N+](=O)[O-])c1. The van der Waals surface area contributed by atoms with E-state index in [-0.39, 0.29) is 22.9 Å².